The SMILES string of the molecule is CCc1ccc(NC(=O)Nc2ccccc2OCc2cc(=O)n3cccc(C)c3n2)cc1. The number of anilines is 2. The molecule has 4 aromatic rings. The van der Waals surface area contributed by atoms with E-state index in [4.69, 9.17) is 4.74 Å². The van der Waals surface area contributed by atoms with Crippen molar-refractivity contribution in [1.82, 2.24) is 9.38 Å². The van der Waals surface area contributed by atoms with Crippen molar-refractivity contribution >= 4 is 23.1 Å². The van der Waals surface area contributed by atoms with Crippen molar-refractivity contribution in [3.8, 4) is 5.75 Å². The predicted octanol–water partition coefficient (Wildman–Crippen LogP) is 4.79. The van der Waals surface area contributed by atoms with E-state index in [2.05, 4.69) is 22.5 Å². The average Bonchev–Trinajstić information content (AvgIpc) is 2.80. The summed E-state index contributed by atoms with van der Waals surface area (Å²) in [4.78, 5) is 29.4. The van der Waals surface area contributed by atoms with Crippen LogP contribution in [0.4, 0.5) is 16.2 Å². The number of para-hydroxylation sites is 2. The Morgan fingerprint density at radius 3 is 2.59 bits per heavy atom. The van der Waals surface area contributed by atoms with E-state index in [0.717, 1.165) is 12.0 Å². The molecule has 0 unspecified atom stereocenters. The lowest BCUT2D eigenvalue weighted by molar-refractivity contribution is 0.261. The Hall–Kier alpha value is -4.13. The molecule has 2 aromatic heterocycles. The quantitative estimate of drug-likeness (QED) is 0.463. The molecule has 2 amide bonds. The van der Waals surface area contributed by atoms with Crippen LogP contribution in [0.25, 0.3) is 5.65 Å². The molecule has 7 heteroatoms. The predicted molar refractivity (Wildman–Crippen MR) is 125 cm³/mol. The highest BCUT2D eigenvalue weighted by atomic mass is 16.5. The average molecular weight is 428 g/mol. The van der Waals surface area contributed by atoms with E-state index >= 15 is 0 Å². The summed E-state index contributed by atoms with van der Waals surface area (Å²) in [6.07, 6.45) is 2.63. The monoisotopic (exact) mass is 428 g/mol. The lowest BCUT2D eigenvalue weighted by atomic mass is 10.1. The van der Waals surface area contributed by atoms with Crippen molar-refractivity contribution in [2.45, 2.75) is 26.9 Å². The van der Waals surface area contributed by atoms with Crippen LogP contribution in [0.5, 0.6) is 5.75 Å². The first-order valence-electron chi connectivity index (χ1n) is 10.4. The molecule has 32 heavy (non-hydrogen) atoms. The second-order valence-electron chi connectivity index (χ2n) is 7.38. The van der Waals surface area contributed by atoms with Crippen LogP contribution in [0.1, 0.15) is 23.7 Å². The summed E-state index contributed by atoms with van der Waals surface area (Å²) >= 11 is 0. The Balaban J connectivity index is 1.46. The summed E-state index contributed by atoms with van der Waals surface area (Å²) in [7, 11) is 0. The molecule has 0 saturated carbocycles. The molecule has 2 N–H and O–H groups in total. The van der Waals surface area contributed by atoms with Gasteiger partial charge in [0.05, 0.1) is 11.4 Å². The summed E-state index contributed by atoms with van der Waals surface area (Å²) in [5, 5.41) is 5.63. The Bertz CT molecular complexity index is 1310. The zero-order valence-electron chi connectivity index (χ0n) is 18.0. The highest BCUT2D eigenvalue weighted by molar-refractivity contribution is 6.00. The van der Waals surface area contributed by atoms with Gasteiger partial charge in [-0.15, -0.1) is 0 Å². The molecule has 0 fully saturated rings. The summed E-state index contributed by atoms with van der Waals surface area (Å²) in [5.74, 6) is 0.482. The third kappa shape index (κ3) is 4.78. The smallest absolute Gasteiger partial charge is 0.323 e. The number of ether oxygens (including phenoxy) is 1. The van der Waals surface area contributed by atoms with E-state index in [9.17, 15) is 9.59 Å². The molecule has 4 rings (SSSR count). The Morgan fingerprint density at radius 2 is 1.81 bits per heavy atom. The van der Waals surface area contributed by atoms with Gasteiger partial charge in [0.15, 0.2) is 0 Å². The van der Waals surface area contributed by atoms with E-state index in [-0.39, 0.29) is 18.2 Å². The first-order chi connectivity index (χ1) is 15.5. The van der Waals surface area contributed by atoms with Crippen LogP contribution < -0.4 is 20.9 Å². The van der Waals surface area contributed by atoms with Crippen LogP contribution >= 0.6 is 0 Å². The molecule has 2 heterocycles. The molecule has 0 aliphatic carbocycles. The minimum Gasteiger partial charge on any atom is -0.485 e. The van der Waals surface area contributed by atoms with Gasteiger partial charge in [-0.25, -0.2) is 9.78 Å². The van der Waals surface area contributed by atoms with Gasteiger partial charge in [-0.2, -0.15) is 0 Å². The number of hydrogen-bond acceptors (Lipinski definition) is 4. The molecule has 2 aromatic carbocycles. The number of carbonyl (C=O) groups excluding carboxylic acids is 1. The van der Waals surface area contributed by atoms with E-state index in [1.807, 2.05) is 55.5 Å². The van der Waals surface area contributed by atoms with Crippen LogP contribution in [0.15, 0.2) is 77.7 Å². The van der Waals surface area contributed by atoms with Crippen molar-refractivity contribution in [2.24, 2.45) is 0 Å². The number of benzene rings is 2. The van der Waals surface area contributed by atoms with Crippen LogP contribution in [0.3, 0.4) is 0 Å². The normalized spacial score (nSPS) is 10.7. The largest absolute Gasteiger partial charge is 0.485 e. The van der Waals surface area contributed by atoms with Crippen LogP contribution in [0.2, 0.25) is 0 Å². The number of amides is 2. The van der Waals surface area contributed by atoms with Gasteiger partial charge in [0.1, 0.15) is 18.0 Å². The fourth-order valence-corrected chi connectivity index (χ4v) is 3.34. The van der Waals surface area contributed by atoms with Crippen molar-refractivity contribution in [1.29, 1.82) is 0 Å². The van der Waals surface area contributed by atoms with Gasteiger partial charge in [0.25, 0.3) is 5.56 Å². The highest BCUT2D eigenvalue weighted by Crippen LogP contribution is 2.25. The van der Waals surface area contributed by atoms with Gasteiger partial charge in [0, 0.05) is 18.0 Å². The molecule has 0 saturated heterocycles. The Morgan fingerprint density at radius 1 is 1.03 bits per heavy atom. The van der Waals surface area contributed by atoms with E-state index in [0.29, 0.717) is 28.5 Å². The fourth-order valence-electron chi connectivity index (χ4n) is 3.34. The number of aromatic nitrogens is 2. The summed E-state index contributed by atoms with van der Waals surface area (Å²) in [5.41, 5.74) is 4.26. The molecule has 0 spiro atoms. The van der Waals surface area contributed by atoms with E-state index in [1.54, 1.807) is 18.3 Å². The standard InChI is InChI=1S/C25H24N4O3/c1-3-18-10-12-19(13-11-18)27-25(31)28-21-8-4-5-9-22(21)32-16-20-15-23(30)29-14-6-7-17(2)24(29)26-20/h4-15H,3,16H2,1-2H3,(H2,27,28,31). The first-order valence-corrected chi connectivity index (χ1v) is 10.4. The molecule has 0 atom stereocenters. The minimum absolute atomic E-state index is 0.0961. The molecule has 162 valence electrons. The van der Waals surface area contributed by atoms with Gasteiger partial charge >= 0.3 is 6.03 Å². The lowest BCUT2D eigenvalue weighted by Crippen LogP contribution is -2.20. The molecular weight excluding hydrogens is 404 g/mol. The second kappa shape index (κ2) is 9.34. The molecule has 0 aliphatic heterocycles. The zero-order chi connectivity index (χ0) is 22.5. The molecular formula is C25H24N4O3. The van der Waals surface area contributed by atoms with Crippen molar-refractivity contribution < 1.29 is 9.53 Å². The fraction of sp³-hybridized carbons (Fsp3) is 0.160. The van der Waals surface area contributed by atoms with Gasteiger partial charge in [-0.1, -0.05) is 37.3 Å². The Labute approximate surface area is 185 Å². The second-order valence-corrected chi connectivity index (χ2v) is 7.38. The van der Waals surface area contributed by atoms with Crippen LogP contribution in [0, 0.1) is 6.92 Å². The van der Waals surface area contributed by atoms with E-state index < -0.39 is 0 Å². The van der Waals surface area contributed by atoms with E-state index in [1.165, 1.54) is 16.0 Å². The molecule has 0 radical (unpaired) electrons. The van der Waals surface area contributed by atoms with Gasteiger partial charge in [-0.05, 0) is 54.8 Å². The van der Waals surface area contributed by atoms with Crippen molar-refractivity contribution in [3.05, 3.63) is 100 Å². The molecule has 7 nitrogen and oxygen atoms in total. The highest BCUT2D eigenvalue weighted by Gasteiger charge is 2.10. The number of fused-ring (bicyclic) bond motifs is 1. The first kappa shape index (κ1) is 21.1. The topological polar surface area (TPSA) is 84.7 Å². The Kier molecular flexibility index (Phi) is 6.17. The third-order valence-corrected chi connectivity index (χ3v) is 5.07. The zero-order valence-corrected chi connectivity index (χ0v) is 18.0. The summed E-state index contributed by atoms with van der Waals surface area (Å²) in [6.45, 7) is 4.08. The maximum Gasteiger partial charge on any atom is 0.323 e. The number of carbonyl (C=O) groups is 1. The number of rotatable bonds is 6. The summed E-state index contributed by atoms with van der Waals surface area (Å²) in [6, 6.07) is 19.6. The van der Waals surface area contributed by atoms with Crippen molar-refractivity contribution in [2.75, 3.05) is 10.6 Å². The summed E-state index contributed by atoms with van der Waals surface area (Å²) < 4.78 is 7.40. The number of nitrogens with zero attached hydrogens (tertiary/aromatic N) is 2. The number of hydrogen-bond donors (Lipinski definition) is 2. The molecule has 0 aliphatic rings. The number of nitrogens with one attached hydrogen (secondary N) is 2. The van der Waals surface area contributed by atoms with Gasteiger partial charge in [-0.3, -0.25) is 9.20 Å². The van der Waals surface area contributed by atoms with Crippen LogP contribution in [-0.2, 0) is 13.0 Å². The number of urea groups is 1. The molecule has 0 bridgehead atoms. The van der Waals surface area contributed by atoms with Crippen molar-refractivity contribution in [3.63, 3.8) is 0 Å². The lowest BCUT2D eigenvalue weighted by Gasteiger charge is -2.13. The minimum atomic E-state index is -0.372. The maximum absolute atomic E-state index is 12.5. The van der Waals surface area contributed by atoms with Crippen LogP contribution in [-0.4, -0.2) is 15.4 Å². The van der Waals surface area contributed by atoms with Gasteiger partial charge < -0.3 is 15.4 Å². The van der Waals surface area contributed by atoms with Gasteiger partial charge in [0.2, 0.25) is 0 Å². The third-order valence-electron chi connectivity index (χ3n) is 5.07. The number of pyridine rings is 1. The number of aryl methyl sites for hydroxylation is 2. The maximum atomic E-state index is 12.5.